The fourth-order valence-electron chi connectivity index (χ4n) is 1.89. The third kappa shape index (κ3) is 4.33. The number of phenols is 1. The van der Waals surface area contributed by atoms with Crippen molar-refractivity contribution in [3.05, 3.63) is 77.4 Å². The number of aliphatic hydroxyl groups excluding tert-OH is 1. The molecular weight excluding hydrogens is 280 g/mol. The summed E-state index contributed by atoms with van der Waals surface area (Å²) in [5.74, 6) is -1.10. The smallest absolute Gasteiger partial charge is 0.334 e. The van der Waals surface area contributed by atoms with Crippen LogP contribution >= 0.6 is 0 Å². The molecular formula is C18H16O4. The van der Waals surface area contributed by atoms with Crippen LogP contribution in [0.1, 0.15) is 11.1 Å². The number of carboxylic acid groups (broad SMARTS) is 1. The lowest BCUT2D eigenvalue weighted by molar-refractivity contribution is -0.133. The van der Waals surface area contributed by atoms with E-state index in [2.05, 4.69) is 0 Å². The summed E-state index contributed by atoms with van der Waals surface area (Å²) >= 11 is 0. The molecule has 0 radical (unpaired) electrons. The number of carboxylic acids is 1. The maximum absolute atomic E-state index is 11.3. The molecule has 2 aromatic rings. The normalized spacial score (nSPS) is 13.2. The predicted molar refractivity (Wildman–Crippen MR) is 85.2 cm³/mol. The molecule has 0 saturated heterocycles. The molecule has 2 rings (SSSR count). The number of benzene rings is 2. The maximum Gasteiger partial charge on any atom is 0.334 e. The zero-order valence-electron chi connectivity index (χ0n) is 11.8. The second-order valence-corrected chi connectivity index (χ2v) is 4.71. The Bertz CT molecular complexity index is 685. The lowest BCUT2D eigenvalue weighted by Gasteiger charge is -2.07. The van der Waals surface area contributed by atoms with E-state index in [4.69, 9.17) is 0 Å². The van der Waals surface area contributed by atoms with E-state index in [9.17, 15) is 20.1 Å². The number of aliphatic carboxylic acids is 1. The van der Waals surface area contributed by atoms with Crippen LogP contribution in [0.2, 0.25) is 0 Å². The first kappa shape index (κ1) is 15.5. The Morgan fingerprint density at radius 2 is 1.59 bits per heavy atom. The van der Waals surface area contributed by atoms with Crippen LogP contribution in [-0.2, 0) is 4.79 Å². The molecule has 0 amide bonds. The highest BCUT2D eigenvalue weighted by Crippen LogP contribution is 2.16. The van der Waals surface area contributed by atoms with Crippen LogP contribution in [0.25, 0.3) is 12.2 Å². The first-order valence-corrected chi connectivity index (χ1v) is 6.71. The SMILES string of the molecule is O=C(O)C(=Cc1ccc(O)cc1)C(O)C=Cc1ccccc1. The van der Waals surface area contributed by atoms with Crippen molar-refractivity contribution >= 4 is 18.1 Å². The zero-order chi connectivity index (χ0) is 15.9. The Kier molecular flexibility index (Phi) is 5.11. The lowest BCUT2D eigenvalue weighted by atomic mass is 10.0. The van der Waals surface area contributed by atoms with Gasteiger partial charge in [-0.25, -0.2) is 4.79 Å². The quantitative estimate of drug-likeness (QED) is 0.741. The number of phenolic OH excluding ortho intramolecular Hbond substituents is 1. The van der Waals surface area contributed by atoms with Crippen molar-refractivity contribution in [1.82, 2.24) is 0 Å². The van der Waals surface area contributed by atoms with Gasteiger partial charge in [-0.15, -0.1) is 0 Å². The van der Waals surface area contributed by atoms with Crippen LogP contribution in [0.3, 0.4) is 0 Å². The number of aromatic hydroxyl groups is 1. The summed E-state index contributed by atoms with van der Waals surface area (Å²) in [6, 6.07) is 15.4. The lowest BCUT2D eigenvalue weighted by Crippen LogP contribution is -2.15. The molecule has 0 heterocycles. The predicted octanol–water partition coefficient (Wildman–Crippen LogP) is 2.93. The van der Waals surface area contributed by atoms with Crippen molar-refractivity contribution in [2.75, 3.05) is 0 Å². The van der Waals surface area contributed by atoms with E-state index >= 15 is 0 Å². The van der Waals surface area contributed by atoms with Gasteiger partial charge in [-0.05, 0) is 29.3 Å². The molecule has 4 heteroatoms. The van der Waals surface area contributed by atoms with Gasteiger partial charge in [0.25, 0.3) is 0 Å². The molecule has 2 aromatic carbocycles. The Hall–Kier alpha value is -2.85. The average molecular weight is 296 g/mol. The number of carbonyl (C=O) groups is 1. The van der Waals surface area contributed by atoms with E-state index in [-0.39, 0.29) is 11.3 Å². The van der Waals surface area contributed by atoms with Crippen LogP contribution in [-0.4, -0.2) is 27.4 Å². The van der Waals surface area contributed by atoms with Gasteiger partial charge in [0.05, 0.1) is 5.57 Å². The van der Waals surface area contributed by atoms with Gasteiger partial charge >= 0.3 is 5.97 Å². The molecule has 3 N–H and O–H groups in total. The standard InChI is InChI=1S/C18H16O4/c19-15-9-6-14(7-10-15)12-16(18(21)22)17(20)11-8-13-4-2-1-3-5-13/h1-12,17,19-20H,(H,21,22). The Balaban J connectivity index is 2.22. The number of rotatable bonds is 5. The zero-order valence-corrected chi connectivity index (χ0v) is 11.8. The Morgan fingerprint density at radius 3 is 2.18 bits per heavy atom. The highest BCUT2D eigenvalue weighted by molar-refractivity contribution is 5.94. The summed E-state index contributed by atoms with van der Waals surface area (Å²) in [6.07, 6.45) is 3.24. The Labute approximate surface area is 128 Å². The molecule has 4 nitrogen and oxygen atoms in total. The van der Waals surface area contributed by atoms with E-state index < -0.39 is 12.1 Å². The van der Waals surface area contributed by atoms with Crippen LogP contribution < -0.4 is 0 Å². The molecule has 0 spiro atoms. The minimum Gasteiger partial charge on any atom is -0.508 e. The summed E-state index contributed by atoms with van der Waals surface area (Å²) in [4.78, 5) is 11.3. The molecule has 0 aromatic heterocycles. The Morgan fingerprint density at radius 1 is 0.955 bits per heavy atom. The fourth-order valence-corrected chi connectivity index (χ4v) is 1.89. The molecule has 0 fully saturated rings. The topological polar surface area (TPSA) is 77.8 Å². The van der Waals surface area contributed by atoms with E-state index in [1.54, 1.807) is 18.2 Å². The molecule has 0 aliphatic heterocycles. The van der Waals surface area contributed by atoms with Crippen molar-refractivity contribution in [3.63, 3.8) is 0 Å². The first-order chi connectivity index (χ1) is 10.6. The molecule has 0 aliphatic rings. The molecule has 1 unspecified atom stereocenters. The monoisotopic (exact) mass is 296 g/mol. The van der Waals surface area contributed by atoms with E-state index in [1.807, 2.05) is 30.3 Å². The van der Waals surface area contributed by atoms with Gasteiger partial charge in [0, 0.05) is 0 Å². The minimum atomic E-state index is -1.23. The van der Waals surface area contributed by atoms with Crippen molar-refractivity contribution in [3.8, 4) is 5.75 Å². The van der Waals surface area contributed by atoms with Gasteiger partial charge in [-0.2, -0.15) is 0 Å². The third-order valence-corrected chi connectivity index (χ3v) is 3.05. The highest BCUT2D eigenvalue weighted by atomic mass is 16.4. The van der Waals surface area contributed by atoms with Gasteiger partial charge in [0.2, 0.25) is 0 Å². The molecule has 1 atom stereocenters. The second kappa shape index (κ2) is 7.24. The van der Waals surface area contributed by atoms with Crippen molar-refractivity contribution in [2.45, 2.75) is 6.10 Å². The van der Waals surface area contributed by atoms with E-state index in [0.29, 0.717) is 5.56 Å². The molecule has 0 bridgehead atoms. The molecule has 0 aliphatic carbocycles. The molecule has 22 heavy (non-hydrogen) atoms. The first-order valence-electron chi connectivity index (χ1n) is 6.71. The van der Waals surface area contributed by atoms with Gasteiger partial charge in [0.1, 0.15) is 11.9 Å². The van der Waals surface area contributed by atoms with Crippen LogP contribution in [0.4, 0.5) is 0 Å². The summed E-state index contributed by atoms with van der Waals surface area (Å²) in [5.41, 5.74) is 1.32. The summed E-state index contributed by atoms with van der Waals surface area (Å²) in [7, 11) is 0. The maximum atomic E-state index is 11.3. The average Bonchev–Trinajstić information content (AvgIpc) is 2.52. The highest BCUT2D eigenvalue weighted by Gasteiger charge is 2.15. The van der Waals surface area contributed by atoms with Gasteiger partial charge in [-0.1, -0.05) is 54.6 Å². The van der Waals surface area contributed by atoms with Crippen LogP contribution in [0.5, 0.6) is 5.75 Å². The number of hydrogen-bond acceptors (Lipinski definition) is 3. The number of hydrogen-bond donors (Lipinski definition) is 3. The third-order valence-electron chi connectivity index (χ3n) is 3.05. The number of aliphatic hydroxyl groups is 1. The second-order valence-electron chi connectivity index (χ2n) is 4.71. The molecule has 0 saturated carbocycles. The van der Waals surface area contributed by atoms with Gasteiger partial charge < -0.3 is 15.3 Å². The van der Waals surface area contributed by atoms with Gasteiger partial charge in [0.15, 0.2) is 0 Å². The summed E-state index contributed by atoms with van der Waals surface area (Å²) in [6.45, 7) is 0. The van der Waals surface area contributed by atoms with E-state index in [0.717, 1.165) is 5.56 Å². The van der Waals surface area contributed by atoms with Crippen LogP contribution in [0, 0.1) is 0 Å². The largest absolute Gasteiger partial charge is 0.508 e. The summed E-state index contributed by atoms with van der Waals surface area (Å²) < 4.78 is 0. The fraction of sp³-hybridized carbons (Fsp3) is 0.0556. The van der Waals surface area contributed by atoms with Gasteiger partial charge in [-0.3, -0.25) is 0 Å². The van der Waals surface area contributed by atoms with E-state index in [1.165, 1.54) is 24.3 Å². The molecule has 112 valence electrons. The van der Waals surface area contributed by atoms with Crippen molar-refractivity contribution < 1.29 is 20.1 Å². The minimum absolute atomic E-state index is 0.0959. The van der Waals surface area contributed by atoms with Crippen molar-refractivity contribution in [2.24, 2.45) is 0 Å². The van der Waals surface area contributed by atoms with Crippen molar-refractivity contribution in [1.29, 1.82) is 0 Å². The van der Waals surface area contributed by atoms with Crippen LogP contribution in [0.15, 0.2) is 66.2 Å². The summed E-state index contributed by atoms with van der Waals surface area (Å²) in [5, 5.41) is 28.5.